The fourth-order valence-corrected chi connectivity index (χ4v) is 14.0. The molecule has 0 aliphatic carbocycles. The van der Waals surface area contributed by atoms with Crippen molar-refractivity contribution >= 4 is 125 Å². The van der Waals surface area contributed by atoms with Gasteiger partial charge in [0.2, 0.25) is 0 Å². The fourth-order valence-electron chi connectivity index (χ4n) is 11.4. The van der Waals surface area contributed by atoms with Crippen molar-refractivity contribution in [3.05, 3.63) is 281 Å². The second-order valence-corrected chi connectivity index (χ2v) is 28.7. The Morgan fingerprint density at radius 2 is 0.851 bits per heavy atom. The number of thiazole rings is 2. The molecule has 0 aliphatic rings. The Bertz CT molecular complexity index is 5530. The van der Waals surface area contributed by atoms with Gasteiger partial charge in [0.05, 0.1) is 47.0 Å². The molecule has 0 aliphatic heterocycles. The number of carbonyl (C=O) groups excluding carboxylic acids is 1. The summed E-state index contributed by atoms with van der Waals surface area (Å²) in [6, 6.07) is 79.8. The Balaban J connectivity index is 0.000000173. The Labute approximate surface area is 694 Å². The van der Waals surface area contributed by atoms with Crippen LogP contribution in [0.25, 0.3) is 96.8 Å². The maximum atomic E-state index is 14.3. The van der Waals surface area contributed by atoms with Crippen LogP contribution in [0.5, 0.6) is 40.2 Å². The van der Waals surface area contributed by atoms with Gasteiger partial charge < -0.3 is 30.9 Å². The van der Waals surface area contributed by atoms with Gasteiger partial charge in [-0.15, -0.1) is 22.7 Å². The Hall–Kier alpha value is -7.33. The van der Waals surface area contributed by atoms with Crippen molar-refractivity contribution in [1.29, 1.82) is 0 Å². The van der Waals surface area contributed by atoms with Gasteiger partial charge in [0, 0.05) is 45.1 Å². The zero-order valence-corrected chi connectivity index (χ0v) is 67.4. The molecule has 0 spiro atoms. The van der Waals surface area contributed by atoms with Crippen LogP contribution < -0.4 is 122 Å². The summed E-state index contributed by atoms with van der Waals surface area (Å²) in [6.07, 6.45) is 3.61. The van der Waals surface area contributed by atoms with Crippen LogP contribution >= 0.6 is 54.5 Å². The number of nitrogens with zero attached hydrogens (tertiary/aromatic N) is 6. The first-order valence-corrected chi connectivity index (χ1v) is 34.7. The molecule has 0 amide bonds. The van der Waals surface area contributed by atoms with E-state index in [0.29, 0.717) is 27.5 Å². The minimum Gasteiger partial charge on any atom is -1.00 e. The molecule has 16 rings (SSSR count). The number of rotatable bonds is 11. The minimum absolute atomic E-state index is 0. The van der Waals surface area contributed by atoms with E-state index < -0.39 is 0 Å². The van der Waals surface area contributed by atoms with Crippen molar-refractivity contribution in [3.8, 4) is 73.0 Å². The van der Waals surface area contributed by atoms with Gasteiger partial charge in [0.15, 0.2) is 0 Å². The number of phenolic OH excluding ortho intramolecular Hbond substituents is 1. The molecule has 0 unspecified atom stereocenters. The van der Waals surface area contributed by atoms with E-state index in [4.69, 9.17) is 29.2 Å². The number of benzene rings is 10. The van der Waals surface area contributed by atoms with Gasteiger partial charge in [0.25, 0.3) is 6.47 Å². The summed E-state index contributed by atoms with van der Waals surface area (Å²) in [7, 11) is 0. The second kappa shape index (κ2) is 33.0. The van der Waals surface area contributed by atoms with Crippen molar-refractivity contribution in [2.24, 2.45) is 0 Å². The number of hydrogen-bond acceptors (Lipinski definition) is 13. The number of aromatic hydroxyl groups is 1. The normalized spacial score (nSPS) is 11.2. The summed E-state index contributed by atoms with van der Waals surface area (Å²) in [5, 5.41) is 24.5. The largest absolute Gasteiger partial charge is 1.00 e. The van der Waals surface area contributed by atoms with E-state index in [1.54, 1.807) is 47.1 Å². The van der Waals surface area contributed by atoms with Crippen LogP contribution in [0.15, 0.2) is 264 Å². The van der Waals surface area contributed by atoms with Gasteiger partial charge in [-0.05, 0) is 224 Å². The Kier molecular flexibility index (Phi) is 24.4. The average molecular weight is 1550 g/mol. The average Bonchev–Trinajstić information content (AvgIpc) is 1.56. The Morgan fingerprint density at radius 1 is 0.465 bits per heavy atom. The quantitative estimate of drug-likeness (QED) is 0.0568. The zero-order valence-electron chi connectivity index (χ0n) is 57.4. The maximum absolute atomic E-state index is 14.3. The summed E-state index contributed by atoms with van der Waals surface area (Å²) >= 11 is 10.5. The maximum Gasteiger partial charge on any atom is 1.00 e. The second-order valence-electron chi connectivity index (χ2n) is 25.0. The topological polar surface area (TPSA) is 159 Å². The van der Waals surface area contributed by atoms with Crippen molar-refractivity contribution in [1.82, 2.24) is 29.1 Å². The predicted molar refractivity (Wildman–Crippen MR) is 403 cm³/mol. The SMILES string of the molecule is CC(C)(C)c1cc(F)c(Br)c(Oc2ccc(-c3nc4ccccc4s3)cc2)c1.CC(C)(C)c1cc(Oc2ccc(-c3nc4ccccc4s3)cc2)c(Br)c(Oc2ccc3c(c2)c2ccccc2n3-c2ccccn2)c1.O=CO[O-].Oc1ccc2c(c1)c1ccccc1n2-c1ccccn1.[H-].[K+].[K+]. The molecule has 13 nitrogen and oxygen atoms in total. The third kappa shape index (κ3) is 17.0. The van der Waals surface area contributed by atoms with E-state index in [9.17, 15) is 9.50 Å². The number of pyridine rings is 2. The zero-order chi connectivity index (χ0) is 69.0. The van der Waals surface area contributed by atoms with Crippen molar-refractivity contribution in [3.63, 3.8) is 0 Å². The molecule has 0 bridgehead atoms. The molecule has 0 atom stereocenters. The summed E-state index contributed by atoms with van der Waals surface area (Å²) in [5.74, 6) is 5.67. The van der Waals surface area contributed by atoms with Crippen LogP contribution in [0.4, 0.5) is 4.39 Å². The van der Waals surface area contributed by atoms with Gasteiger partial charge in [-0.3, -0.25) is 13.9 Å². The van der Waals surface area contributed by atoms with E-state index in [1.807, 2.05) is 166 Å². The van der Waals surface area contributed by atoms with E-state index in [2.05, 4.69) is 167 Å². The molecule has 0 saturated heterocycles. The van der Waals surface area contributed by atoms with Gasteiger partial charge in [-0.1, -0.05) is 114 Å². The third-order valence-electron chi connectivity index (χ3n) is 16.3. The first-order valence-electron chi connectivity index (χ1n) is 31.5. The molecule has 20 heteroatoms. The molecule has 10 aromatic carbocycles. The molecule has 494 valence electrons. The molecule has 101 heavy (non-hydrogen) atoms. The number of aromatic nitrogens is 6. The van der Waals surface area contributed by atoms with Gasteiger partial charge in [-0.2, -0.15) is 0 Å². The first kappa shape index (κ1) is 74.8. The number of ether oxygens (including phenoxy) is 3. The van der Waals surface area contributed by atoms with E-state index in [0.717, 1.165) is 119 Å². The van der Waals surface area contributed by atoms with E-state index >= 15 is 0 Å². The fraction of sp³-hybridized carbons (Fsp3) is 0.0988. The van der Waals surface area contributed by atoms with E-state index in [-0.39, 0.29) is 133 Å². The van der Waals surface area contributed by atoms with Crippen molar-refractivity contribution < 1.29 is 143 Å². The van der Waals surface area contributed by atoms with Crippen LogP contribution in [0.1, 0.15) is 54.1 Å². The number of fused-ring (bicyclic) bond motifs is 8. The molecule has 1 N–H and O–H groups in total. The predicted octanol–water partition coefficient (Wildman–Crippen LogP) is 16.5. The number of carbonyl (C=O) groups is 1. The molecule has 0 fully saturated rings. The smallest absolute Gasteiger partial charge is 1.00 e. The van der Waals surface area contributed by atoms with Crippen LogP contribution in [-0.4, -0.2) is 40.6 Å². The molecule has 6 aromatic heterocycles. The van der Waals surface area contributed by atoms with Gasteiger partial charge in [-0.25, -0.2) is 24.3 Å². The number of halogens is 3. The van der Waals surface area contributed by atoms with E-state index in [1.165, 1.54) is 4.70 Å². The van der Waals surface area contributed by atoms with Crippen LogP contribution in [0, 0.1) is 5.82 Å². The van der Waals surface area contributed by atoms with Crippen LogP contribution in [-0.2, 0) is 20.5 Å². The molecular weight excluding hydrogens is 1490 g/mol. The molecular formula is C81H63Br2FK2N6O7S2. The molecule has 16 aromatic rings. The van der Waals surface area contributed by atoms with Gasteiger partial charge in [0.1, 0.15) is 72.2 Å². The van der Waals surface area contributed by atoms with Crippen molar-refractivity contribution in [2.75, 3.05) is 0 Å². The molecule has 0 saturated carbocycles. The number of hydrogen-bond donors (Lipinski definition) is 1. The summed E-state index contributed by atoms with van der Waals surface area (Å²) < 4.78 is 41.2. The van der Waals surface area contributed by atoms with Crippen LogP contribution in [0.2, 0.25) is 0 Å². The summed E-state index contributed by atoms with van der Waals surface area (Å²) in [4.78, 5) is 29.8. The number of phenols is 1. The first-order chi connectivity index (χ1) is 47.9. The van der Waals surface area contributed by atoms with Crippen molar-refractivity contribution in [2.45, 2.75) is 52.4 Å². The summed E-state index contributed by atoms with van der Waals surface area (Å²) in [6.45, 7) is 12.5. The molecule has 6 heterocycles. The standard InChI is InChI=1S/C40H30BrN3O2S.C23H19BrFNOS.C17H12N2O.CH2O3.2K.H/c1-40(2,3)26-22-34(45-27-17-15-25(16-18-27)39-43-31-11-5-7-13-36(31)47-39)38(41)35(23-26)46-28-19-20-33-30(24-28)29-10-4-6-12-32(29)44(33)37-14-8-9-21-42-37;1-23(2,3)15-12-17(25)21(24)19(13-15)27-16-10-8-14(9-11-16)22-26-18-6-4-5-7-20(18)28-22;20-12-8-9-16-14(11-12)13-5-1-2-6-15(13)19(16)17-7-3-4-10-18-17;2-1-4-3;;;/h4-24H,1-3H3;4-13H,1-3H3;1-11,20H;1,3H;;;/q;;;;2*+1;-1/p-1. The van der Waals surface area contributed by atoms with Gasteiger partial charge >= 0.3 is 103 Å². The van der Waals surface area contributed by atoms with Crippen LogP contribution in [0.3, 0.4) is 0 Å². The minimum atomic E-state index is -0.325. The molecule has 0 radical (unpaired) electrons. The third-order valence-corrected chi connectivity index (χ3v) is 20.0. The number of para-hydroxylation sites is 4. The monoisotopic (exact) mass is 1550 g/mol. The Morgan fingerprint density at radius 3 is 1.30 bits per heavy atom. The summed E-state index contributed by atoms with van der Waals surface area (Å²) in [5.41, 5.74) is 10.1.